The average Bonchev–Trinajstić information content (AvgIpc) is 2.94. The zero-order chi connectivity index (χ0) is 30.3. The quantitative estimate of drug-likeness (QED) is 0.297. The fourth-order valence-corrected chi connectivity index (χ4v) is 6.55. The summed E-state index contributed by atoms with van der Waals surface area (Å²) in [6.07, 6.45) is 6.47. The summed E-state index contributed by atoms with van der Waals surface area (Å²) in [5.41, 5.74) is 3.88. The minimum absolute atomic E-state index is 0.0554. The summed E-state index contributed by atoms with van der Waals surface area (Å²) < 4.78 is 27.2. The molecule has 1 fully saturated rings. The van der Waals surface area contributed by atoms with E-state index in [2.05, 4.69) is 5.32 Å². The minimum Gasteiger partial charge on any atom is -0.352 e. The van der Waals surface area contributed by atoms with Crippen LogP contribution < -0.4 is 9.62 Å². The van der Waals surface area contributed by atoms with Crippen LogP contribution in [-0.4, -0.2) is 50.0 Å². The molecule has 3 aromatic carbocycles. The van der Waals surface area contributed by atoms with Crippen LogP contribution in [-0.2, 0) is 32.6 Å². The van der Waals surface area contributed by atoms with E-state index >= 15 is 0 Å². The highest BCUT2D eigenvalue weighted by molar-refractivity contribution is 7.92. The number of nitrogens with one attached hydrogen (secondary N) is 1. The van der Waals surface area contributed by atoms with E-state index in [-0.39, 0.29) is 18.5 Å². The fourth-order valence-electron chi connectivity index (χ4n) is 5.59. The molecule has 0 bridgehead atoms. The van der Waals surface area contributed by atoms with E-state index in [0.29, 0.717) is 17.1 Å². The molecule has 0 heterocycles. The van der Waals surface area contributed by atoms with Crippen LogP contribution >= 0.6 is 11.6 Å². The van der Waals surface area contributed by atoms with Crippen molar-refractivity contribution < 1.29 is 18.0 Å². The third kappa shape index (κ3) is 8.82. The first-order chi connectivity index (χ1) is 20.0. The van der Waals surface area contributed by atoms with E-state index in [4.69, 9.17) is 11.6 Å². The highest BCUT2D eigenvalue weighted by Crippen LogP contribution is 2.24. The number of anilines is 1. The molecule has 0 unspecified atom stereocenters. The van der Waals surface area contributed by atoms with Crippen LogP contribution in [0.15, 0.2) is 72.8 Å². The molecule has 0 radical (unpaired) electrons. The molecule has 1 saturated carbocycles. The van der Waals surface area contributed by atoms with Crippen LogP contribution in [0.4, 0.5) is 5.69 Å². The number of amides is 2. The second-order valence-electron chi connectivity index (χ2n) is 11.3. The van der Waals surface area contributed by atoms with Gasteiger partial charge < -0.3 is 10.2 Å². The van der Waals surface area contributed by atoms with Crippen molar-refractivity contribution in [2.45, 2.75) is 71.0 Å². The molecule has 0 aliphatic heterocycles. The first-order valence-electron chi connectivity index (χ1n) is 14.4. The van der Waals surface area contributed by atoms with Crippen molar-refractivity contribution in [3.63, 3.8) is 0 Å². The lowest BCUT2D eigenvalue weighted by molar-refractivity contribution is -0.140. The van der Waals surface area contributed by atoms with Gasteiger partial charge in [0, 0.05) is 24.0 Å². The van der Waals surface area contributed by atoms with Gasteiger partial charge in [-0.25, -0.2) is 8.42 Å². The van der Waals surface area contributed by atoms with E-state index in [1.807, 2.05) is 62.4 Å². The summed E-state index contributed by atoms with van der Waals surface area (Å²) in [5, 5.41) is 3.77. The van der Waals surface area contributed by atoms with E-state index in [1.165, 1.54) is 4.90 Å². The number of hydrogen-bond donors (Lipinski definition) is 1. The summed E-state index contributed by atoms with van der Waals surface area (Å²) in [5.74, 6) is -0.695. The standard InChI is InChI=1S/C33H40ClN3O4S/c1-24-18-25(2)20-30(19-24)37(42(3,40)41)23-32(38)36(22-27-14-16-28(34)17-15-27)31(21-26-10-6-4-7-11-26)33(39)35-29-12-8-5-9-13-29/h4,6-7,10-11,14-20,29,31H,5,8-9,12-13,21-23H2,1-3H3,(H,35,39)/t31-/m1/s1. The molecule has 7 nitrogen and oxygen atoms in total. The van der Waals surface area contributed by atoms with Crippen molar-refractivity contribution >= 4 is 39.1 Å². The van der Waals surface area contributed by atoms with Crippen molar-refractivity contribution in [1.82, 2.24) is 10.2 Å². The molecule has 2 amide bonds. The number of carbonyl (C=O) groups is 2. The molecule has 3 aromatic rings. The van der Waals surface area contributed by atoms with Gasteiger partial charge in [-0.05, 0) is 73.2 Å². The summed E-state index contributed by atoms with van der Waals surface area (Å²) in [4.78, 5) is 29.8. The molecule has 224 valence electrons. The Morgan fingerprint density at radius 3 is 2.12 bits per heavy atom. The number of hydrogen-bond acceptors (Lipinski definition) is 4. The van der Waals surface area contributed by atoms with Gasteiger partial charge in [0.25, 0.3) is 0 Å². The van der Waals surface area contributed by atoms with Gasteiger partial charge in [0.2, 0.25) is 21.8 Å². The Hall–Kier alpha value is -3.36. The summed E-state index contributed by atoms with van der Waals surface area (Å²) in [7, 11) is -3.82. The Labute approximate surface area is 254 Å². The van der Waals surface area contributed by atoms with Crippen molar-refractivity contribution in [1.29, 1.82) is 0 Å². The molecule has 1 N–H and O–H groups in total. The third-order valence-corrected chi connectivity index (χ3v) is 9.06. The second kappa shape index (κ2) is 14.2. The van der Waals surface area contributed by atoms with Crippen LogP contribution in [0.5, 0.6) is 0 Å². The highest BCUT2D eigenvalue weighted by Gasteiger charge is 2.34. The molecule has 0 saturated heterocycles. The predicted molar refractivity (Wildman–Crippen MR) is 169 cm³/mol. The van der Waals surface area contributed by atoms with Gasteiger partial charge in [-0.15, -0.1) is 0 Å². The SMILES string of the molecule is Cc1cc(C)cc(N(CC(=O)N(Cc2ccc(Cl)cc2)[C@H](Cc2ccccc2)C(=O)NC2CCCCC2)S(C)(=O)=O)c1. The zero-order valence-electron chi connectivity index (χ0n) is 24.6. The van der Waals surface area contributed by atoms with Gasteiger partial charge in [-0.2, -0.15) is 0 Å². The van der Waals surface area contributed by atoms with E-state index in [0.717, 1.165) is 64.9 Å². The van der Waals surface area contributed by atoms with Crippen LogP contribution in [0.1, 0.15) is 54.4 Å². The Balaban J connectivity index is 1.73. The van der Waals surface area contributed by atoms with Crippen LogP contribution in [0.25, 0.3) is 0 Å². The van der Waals surface area contributed by atoms with Crippen molar-refractivity contribution in [3.8, 4) is 0 Å². The van der Waals surface area contributed by atoms with Crippen molar-refractivity contribution in [3.05, 3.63) is 100 Å². The molecule has 0 aromatic heterocycles. The van der Waals surface area contributed by atoms with Gasteiger partial charge in [-0.3, -0.25) is 13.9 Å². The minimum atomic E-state index is -3.82. The predicted octanol–water partition coefficient (Wildman–Crippen LogP) is 5.81. The molecule has 0 spiro atoms. The third-order valence-electron chi connectivity index (χ3n) is 7.66. The lowest BCUT2D eigenvalue weighted by atomic mass is 9.94. The Bertz CT molecular complexity index is 1450. The maximum absolute atomic E-state index is 14.3. The van der Waals surface area contributed by atoms with Gasteiger partial charge in [-0.1, -0.05) is 79.4 Å². The molecule has 1 atom stereocenters. The van der Waals surface area contributed by atoms with Gasteiger partial charge in [0.05, 0.1) is 11.9 Å². The topological polar surface area (TPSA) is 86.8 Å². The van der Waals surface area contributed by atoms with E-state index < -0.39 is 28.5 Å². The van der Waals surface area contributed by atoms with E-state index in [9.17, 15) is 18.0 Å². The number of nitrogens with zero attached hydrogens (tertiary/aromatic N) is 2. The molecule has 1 aliphatic rings. The zero-order valence-corrected chi connectivity index (χ0v) is 26.1. The maximum Gasteiger partial charge on any atom is 0.244 e. The number of carbonyl (C=O) groups excluding carboxylic acids is 2. The maximum atomic E-state index is 14.3. The first-order valence-corrected chi connectivity index (χ1v) is 16.7. The number of aryl methyl sites for hydroxylation is 2. The van der Waals surface area contributed by atoms with Gasteiger partial charge >= 0.3 is 0 Å². The van der Waals surface area contributed by atoms with Crippen molar-refractivity contribution in [2.75, 3.05) is 17.1 Å². The monoisotopic (exact) mass is 609 g/mol. The first kappa shape index (κ1) is 31.6. The number of sulfonamides is 1. The largest absolute Gasteiger partial charge is 0.352 e. The van der Waals surface area contributed by atoms with Crippen LogP contribution in [0.3, 0.4) is 0 Å². The average molecular weight is 610 g/mol. The van der Waals surface area contributed by atoms with E-state index in [1.54, 1.807) is 24.3 Å². The fraction of sp³-hybridized carbons (Fsp3) is 0.394. The van der Waals surface area contributed by atoms with Crippen LogP contribution in [0.2, 0.25) is 5.02 Å². The summed E-state index contributed by atoms with van der Waals surface area (Å²) >= 11 is 6.13. The number of rotatable bonds is 11. The normalized spacial score (nSPS) is 14.7. The number of benzene rings is 3. The Kier molecular flexibility index (Phi) is 10.7. The Morgan fingerprint density at radius 2 is 1.52 bits per heavy atom. The molecular formula is C33H40ClN3O4S. The lowest BCUT2D eigenvalue weighted by Gasteiger charge is -2.35. The second-order valence-corrected chi connectivity index (χ2v) is 13.7. The Morgan fingerprint density at radius 1 is 0.905 bits per heavy atom. The number of halogens is 1. The summed E-state index contributed by atoms with van der Waals surface area (Å²) in [6, 6.07) is 21.4. The molecule has 1 aliphatic carbocycles. The van der Waals surface area contributed by atoms with Crippen molar-refractivity contribution in [2.24, 2.45) is 0 Å². The molecule has 42 heavy (non-hydrogen) atoms. The molecule has 9 heteroatoms. The van der Waals surface area contributed by atoms with Gasteiger partial charge in [0.1, 0.15) is 12.6 Å². The lowest BCUT2D eigenvalue weighted by Crippen LogP contribution is -2.55. The molecular weight excluding hydrogens is 570 g/mol. The van der Waals surface area contributed by atoms with Crippen LogP contribution in [0, 0.1) is 13.8 Å². The summed E-state index contributed by atoms with van der Waals surface area (Å²) in [6.45, 7) is 3.46. The molecule has 4 rings (SSSR count). The van der Waals surface area contributed by atoms with Gasteiger partial charge in [0.15, 0.2) is 0 Å². The highest BCUT2D eigenvalue weighted by atomic mass is 35.5. The smallest absolute Gasteiger partial charge is 0.244 e.